The van der Waals surface area contributed by atoms with Crippen LogP contribution in [0.15, 0.2) is 23.1 Å². The molecule has 0 spiro atoms. The van der Waals surface area contributed by atoms with E-state index >= 15 is 0 Å². The zero-order valence-corrected chi connectivity index (χ0v) is 24.2. The SMILES string of the molecule is CCCCCCCCCc1cccc(S(=O)(=O)O)c1CCCCCCCCC.[Ba+2].[H-].[H-]. The molecule has 1 aromatic carbocycles. The molecule has 0 radical (unpaired) electrons. The first-order valence-corrected chi connectivity index (χ1v) is 13.0. The second-order valence-electron chi connectivity index (χ2n) is 8.11. The minimum absolute atomic E-state index is 0. The van der Waals surface area contributed by atoms with E-state index in [0.29, 0.717) is 0 Å². The van der Waals surface area contributed by atoms with Crippen molar-refractivity contribution in [3.05, 3.63) is 29.3 Å². The summed E-state index contributed by atoms with van der Waals surface area (Å²) >= 11 is 0. The van der Waals surface area contributed by atoms with E-state index in [-0.39, 0.29) is 56.6 Å². The number of unbranched alkanes of at least 4 members (excludes halogenated alkanes) is 12. The molecule has 1 rings (SSSR count). The first kappa shape index (κ1) is 29.7. The van der Waals surface area contributed by atoms with Gasteiger partial charge in [-0.15, -0.1) is 0 Å². The van der Waals surface area contributed by atoms with Crippen LogP contribution in [0.25, 0.3) is 0 Å². The molecule has 0 amide bonds. The molecule has 5 heteroatoms. The Morgan fingerprint density at radius 3 is 1.66 bits per heavy atom. The third kappa shape index (κ3) is 13.7. The Bertz CT molecular complexity index is 640. The molecule has 0 aliphatic rings. The summed E-state index contributed by atoms with van der Waals surface area (Å²) in [7, 11) is -4.16. The molecule has 3 nitrogen and oxygen atoms in total. The third-order valence-electron chi connectivity index (χ3n) is 5.59. The first-order chi connectivity index (χ1) is 13.5. The van der Waals surface area contributed by atoms with Gasteiger partial charge >= 0.3 is 48.9 Å². The Kier molecular flexibility index (Phi) is 18.7. The number of hydrogen-bond donors (Lipinski definition) is 1. The van der Waals surface area contributed by atoms with E-state index in [1.54, 1.807) is 12.1 Å². The zero-order chi connectivity index (χ0) is 20.7. The van der Waals surface area contributed by atoms with Crippen LogP contribution in [-0.2, 0) is 23.0 Å². The zero-order valence-electron chi connectivity index (χ0n) is 20.9. The van der Waals surface area contributed by atoms with Crippen molar-refractivity contribution in [3.8, 4) is 0 Å². The van der Waals surface area contributed by atoms with E-state index in [4.69, 9.17) is 0 Å². The molecular weight excluding hydrogens is 506 g/mol. The van der Waals surface area contributed by atoms with E-state index in [2.05, 4.69) is 13.8 Å². The Morgan fingerprint density at radius 1 is 0.724 bits per heavy atom. The van der Waals surface area contributed by atoms with Gasteiger partial charge in [0.15, 0.2) is 0 Å². The van der Waals surface area contributed by atoms with Gasteiger partial charge in [-0.25, -0.2) is 0 Å². The van der Waals surface area contributed by atoms with Crippen LogP contribution in [0, 0.1) is 0 Å². The van der Waals surface area contributed by atoms with Crippen LogP contribution in [0.1, 0.15) is 118 Å². The normalized spacial score (nSPS) is 11.4. The molecule has 0 atom stereocenters. The molecule has 1 N–H and O–H groups in total. The molecule has 0 saturated carbocycles. The van der Waals surface area contributed by atoms with Crippen LogP contribution in [0.2, 0.25) is 0 Å². The van der Waals surface area contributed by atoms with Crippen LogP contribution in [0.4, 0.5) is 0 Å². The molecule has 0 aromatic heterocycles. The third-order valence-corrected chi connectivity index (χ3v) is 6.53. The maximum atomic E-state index is 11.8. The van der Waals surface area contributed by atoms with Crippen molar-refractivity contribution in [3.63, 3.8) is 0 Å². The maximum absolute atomic E-state index is 11.8. The molecule has 0 unspecified atom stereocenters. The minimum Gasteiger partial charge on any atom is -1.00 e. The predicted octanol–water partition coefficient (Wildman–Crippen LogP) is 7.36. The Labute approximate surface area is 223 Å². The first-order valence-electron chi connectivity index (χ1n) is 11.6. The van der Waals surface area contributed by atoms with Gasteiger partial charge in [-0.3, -0.25) is 4.55 Å². The van der Waals surface area contributed by atoms with Crippen molar-refractivity contribution in [2.75, 3.05) is 0 Å². The second kappa shape index (κ2) is 18.3. The average Bonchev–Trinajstić information content (AvgIpc) is 2.66. The standard InChI is InChI=1S/C24H42O3S.Ba.2H/c1-3-5-7-9-11-13-15-18-22-19-17-21-24(28(25,26)27)23(22)20-16-14-12-10-8-6-4-2;;;/h17,19,21H,3-16,18,20H2,1-2H3,(H,25,26,27);;;/q;+2;2*-1. The predicted molar refractivity (Wildman–Crippen MR) is 128 cm³/mol. The van der Waals surface area contributed by atoms with Crippen LogP contribution in [-0.4, -0.2) is 61.9 Å². The monoisotopic (exact) mass is 550 g/mol. The van der Waals surface area contributed by atoms with E-state index in [1.807, 2.05) is 6.07 Å². The summed E-state index contributed by atoms with van der Waals surface area (Å²) in [6.07, 6.45) is 18.8. The molecule has 1 aromatic rings. The Hall–Kier alpha value is 0.701. The van der Waals surface area contributed by atoms with E-state index in [9.17, 15) is 13.0 Å². The van der Waals surface area contributed by atoms with E-state index in [0.717, 1.165) is 43.2 Å². The van der Waals surface area contributed by atoms with Gasteiger partial charge in [0.05, 0.1) is 4.90 Å². The van der Waals surface area contributed by atoms with Gasteiger partial charge in [-0.05, 0) is 42.9 Å². The van der Waals surface area contributed by atoms with Gasteiger partial charge in [-0.1, -0.05) is 103 Å². The largest absolute Gasteiger partial charge is 2.00 e. The van der Waals surface area contributed by atoms with Gasteiger partial charge in [0.2, 0.25) is 0 Å². The summed E-state index contributed by atoms with van der Waals surface area (Å²) in [5, 5.41) is 0. The molecule has 29 heavy (non-hydrogen) atoms. The van der Waals surface area contributed by atoms with Crippen molar-refractivity contribution < 1.29 is 15.8 Å². The van der Waals surface area contributed by atoms with Gasteiger partial charge in [0.25, 0.3) is 10.1 Å². The molecule has 0 aliphatic heterocycles. The van der Waals surface area contributed by atoms with Gasteiger partial charge in [0, 0.05) is 0 Å². The summed E-state index contributed by atoms with van der Waals surface area (Å²) in [4.78, 5) is 0.124. The van der Waals surface area contributed by atoms with Crippen molar-refractivity contribution in [1.29, 1.82) is 0 Å². The van der Waals surface area contributed by atoms with Crippen molar-refractivity contribution in [2.45, 2.75) is 121 Å². The maximum Gasteiger partial charge on any atom is 2.00 e. The minimum atomic E-state index is -4.16. The van der Waals surface area contributed by atoms with Crippen molar-refractivity contribution in [2.24, 2.45) is 0 Å². The van der Waals surface area contributed by atoms with Crippen LogP contribution >= 0.6 is 0 Å². The summed E-state index contributed by atoms with van der Waals surface area (Å²) in [6.45, 7) is 4.45. The van der Waals surface area contributed by atoms with Gasteiger partial charge in [0.1, 0.15) is 0 Å². The molecule has 0 fully saturated rings. The fourth-order valence-electron chi connectivity index (χ4n) is 3.90. The summed E-state index contributed by atoms with van der Waals surface area (Å²) < 4.78 is 33.3. The second-order valence-corrected chi connectivity index (χ2v) is 9.50. The fourth-order valence-corrected chi connectivity index (χ4v) is 4.70. The number of hydrogen-bond acceptors (Lipinski definition) is 2. The van der Waals surface area contributed by atoms with Crippen LogP contribution in [0.5, 0.6) is 0 Å². The summed E-state index contributed by atoms with van der Waals surface area (Å²) in [6, 6.07) is 5.37. The Balaban J connectivity index is -0.00000261. The van der Waals surface area contributed by atoms with E-state index in [1.165, 1.54) is 70.6 Å². The smallest absolute Gasteiger partial charge is 1.00 e. The van der Waals surface area contributed by atoms with Gasteiger partial charge < -0.3 is 2.85 Å². The van der Waals surface area contributed by atoms with Crippen LogP contribution < -0.4 is 0 Å². The number of benzene rings is 1. The fraction of sp³-hybridized carbons (Fsp3) is 0.750. The van der Waals surface area contributed by atoms with Crippen molar-refractivity contribution in [1.82, 2.24) is 0 Å². The topological polar surface area (TPSA) is 54.4 Å². The molecule has 0 saturated heterocycles. The van der Waals surface area contributed by atoms with Gasteiger partial charge in [-0.2, -0.15) is 8.42 Å². The molecule has 0 aliphatic carbocycles. The molecule has 166 valence electrons. The molecule has 0 bridgehead atoms. The van der Waals surface area contributed by atoms with E-state index < -0.39 is 10.1 Å². The van der Waals surface area contributed by atoms with Crippen LogP contribution in [0.3, 0.4) is 0 Å². The van der Waals surface area contributed by atoms with Crippen molar-refractivity contribution >= 4 is 59.0 Å². The molecule has 0 heterocycles. The number of rotatable bonds is 17. The Morgan fingerprint density at radius 2 is 1.17 bits per heavy atom. The quantitative estimate of drug-likeness (QED) is 0.125. The number of aryl methyl sites for hydroxylation is 1. The summed E-state index contributed by atoms with van der Waals surface area (Å²) in [5.74, 6) is 0. The molecular formula is C24H44BaO3S. The average molecular weight is 550 g/mol. The summed E-state index contributed by atoms with van der Waals surface area (Å²) in [5.41, 5.74) is 1.96.